The second-order valence-corrected chi connectivity index (χ2v) is 7.22. The number of carbonyl (C=O) groups is 2. The number of rotatable bonds is 7. The normalized spacial score (nSPS) is 18.1. The Hall–Kier alpha value is -2.34. The van der Waals surface area contributed by atoms with E-state index in [2.05, 4.69) is 4.90 Å². The van der Waals surface area contributed by atoms with Crippen LogP contribution in [-0.2, 0) is 14.3 Å². The maximum absolute atomic E-state index is 13.1. The van der Waals surface area contributed by atoms with Gasteiger partial charge in [0, 0.05) is 20.2 Å². The lowest BCUT2D eigenvalue weighted by molar-refractivity contribution is -0.138. The van der Waals surface area contributed by atoms with E-state index in [0.29, 0.717) is 17.9 Å². The molecular formula is C21H28N2O4. The average Bonchev–Trinajstić information content (AvgIpc) is 2.91. The van der Waals surface area contributed by atoms with Gasteiger partial charge in [0.2, 0.25) is 0 Å². The van der Waals surface area contributed by atoms with E-state index in [-0.39, 0.29) is 24.5 Å². The van der Waals surface area contributed by atoms with Crippen LogP contribution >= 0.6 is 0 Å². The summed E-state index contributed by atoms with van der Waals surface area (Å²) in [6.07, 6.45) is 3.32. The summed E-state index contributed by atoms with van der Waals surface area (Å²) < 4.78 is 10.8. The molecule has 0 radical (unpaired) electrons. The highest BCUT2D eigenvalue weighted by Gasteiger charge is 2.41. The first-order valence-electron chi connectivity index (χ1n) is 9.64. The van der Waals surface area contributed by atoms with E-state index < -0.39 is 0 Å². The summed E-state index contributed by atoms with van der Waals surface area (Å²) in [6, 6.07) is 7.43. The third-order valence-corrected chi connectivity index (χ3v) is 4.85. The number of likely N-dealkylation sites (tertiary alicyclic amines) is 1. The van der Waals surface area contributed by atoms with Crippen LogP contribution in [-0.4, -0.2) is 61.1 Å². The molecule has 0 unspecified atom stereocenters. The highest BCUT2D eigenvalue weighted by atomic mass is 16.5. The van der Waals surface area contributed by atoms with Gasteiger partial charge in [-0.3, -0.25) is 14.5 Å². The highest BCUT2D eigenvalue weighted by Crippen LogP contribution is 2.33. The minimum atomic E-state index is -0.241. The monoisotopic (exact) mass is 372 g/mol. The molecule has 2 aliphatic rings. The number of hydrogen-bond acceptors (Lipinski definition) is 5. The fraction of sp³-hybridized carbons (Fsp3) is 0.524. The number of nitrogens with zero attached hydrogens (tertiary/aromatic N) is 2. The summed E-state index contributed by atoms with van der Waals surface area (Å²) in [5, 5.41) is 0. The Labute approximate surface area is 160 Å². The summed E-state index contributed by atoms with van der Waals surface area (Å²) in [5.74, 6) is 0.300. The maximum Gasteiger partial charge on any atom is 0.277 e. The SMILES string of the molecule is COCCN1C(=O)C(c2ccc(OC(C)C)cc2)=C(N2CCCCC2)C1=O. The Balaban J connectivity index is 1.96. The number of amides is 2. The molecule has 1 fully saturated rings. The molecule has 1 saturated heterocycles. The Kier molecular flexibility index (Phi) is 6.16. The zero-order valence-electron chi connectivity index (χ0n) is 16.4. The van der Waals surface area contributed by atoms with Crippen LogP contribution in [0.15, 0.2) is 30.0 Å². The third kappa shape index (κ3) is 4.16. The summed E-state index contributed by atoms with van der Waals surface area (Å²) in [6.45, 7) is 6.16. The Bertz CT molecular complexity index is 718. The largest absolute Gasteiger partial charge is 0.491 e. The lowest BCUT2D eigenvalue weighted by atomic mass is 10.0. The first kappa shape index (κ1) is 19.4. The van der Waals surface area contributed by atoms with Gasteiger partial charge in [-0.25, -0.2) is 0 Å². The molecule has 1 aromatic carbocycles. The van der Waals surface area contributed by atoms with Crippen LogP contribution in [0, 0.1) is 0 Å². The summed E-state index contributed by atoms with van der Waals surface area (Å²) in [7, 11) is 1.57. The molecule has 2 amide bonds. The minimum Gasteiger partial charge on any atom is -0.491 e. The van der Waals surface area contributed by atoms with Gasteiger partial charge in [0.25, 0.3) is 11.8 Å². The smallest absolute Gasteiger partial charge is 0.277 e. The molecule has 2 aliphatic heterocycles. The van der Waals surface area contributed by atoms with Crippen molar-refractivity contribution in [2.75, 3.05) is 33.4 Å². The highest BCUT2D eigenvalue weighted by molar-refractivity contribution is 6.35. The number of imide groups is 1. The van der Waals surface area contributed by atoms with E-state index >= 15 is 0 Å². The molecule has 0 aromatic heterocycles. The van der Waals surface area contributed by atoms with Gasteiger partial charge in [0.1, 0.15) is 11.4 Å². The van der Waals surface area contributed by atoms with Gasteiger partial charge in [-0.05, 0) is 50.8 Å². The summed E-state index contributed by atoms with van der Waals surface area (Å²) >= 11 is 0. The van der Waals surface area contributed by atoms with Gasteiger partial charge in [-0.15, -0.1) is 0 Å². The van der Waals surface area contributed by atoms with Crippen molar-refractivity contribution in [3.8, 4) is 5.75 Å². The first-order valence-corrected chi connectivity index (χ1v) is 9.64. The van der Waals surface area contributed by atoms with Gasteiger partial charge in [-0.2, -0.15) is 0 Å². The molecule has 27 heavy (non-hydrogen) atoms. The van der Waals surface area contributed by atoms with E-state index in [9.17, 15) is 9.59 Å². The molecule has 0 bridgehead atoms. The fourth-order valence-corrected chi connectivity index (χ4v) is 3.59. The van der Waals surface area contributed by atoms with Crippen LogP contribution in [0.5, 0.6) is 5.75 Å². The van der Waals surface area contributed by atoms with Crippen molar-refractivity contribution in [2.45, 2.75) is 39.2 Å². The van der Waals surface area contributed by atoms with Crippen LogP contribution < -0.4 is 4.74 Å². The number of ether oxygens (including phenoxy) is 2. The number of benzene rings is 1. The standard InChI is InChI=1S/C21H28N2O4/c1-15(2)27-17-9-7-16(8-10-17)18-19(22-11-5-4-6-12-22)21(25)23(20(18)24)13-14-26-3/h7-10,15H,4-6,11-14H2,1-3H3. The third-order valence-electron chi connectivity index (χ3n) is 4.85. The quantitative estimate of drug-likeness (QED) is 0.689. The Morgan fingerprint density at radius 2 is 1.67 bits per heavy atom. The van der Waals surface area contributed by atoms with E-state index in [0.717, 1.165) is 43.7 Å². The minimum absolute atomic E-state index is 0.0817. The van der Waals surface area contributed by atoms with Crippen molar-refractivity contribution >= 4 is 17.4 Å². The van der Waals surface area contributed by atoms with Crippen LogP contribution in [0.3, 0.4) is 0 Å². The topological polar surface area (TPSA) is 59.1 Å². The molecule has 6 nitrogen and oxygen atoms in total. The molecule has 146 valence electrons. The molecular weight excluding hydrogens is 344 g/mol. The summed E-state index contributed by atoms with van der Waals surface area (Å²) in [5.41, 5.74) is 1.78. The molecule has 0 spiro atoms. The lowest BCUT2D eigenvalue weighted by Crippen LogP contribution is -2.38. The van der Waals surface area contributed by atoms with Crippen molar-refractivity contribution < 1.29 is 19.1 Å². The number of methoxy groups -OCH3 is 1. The fourth-order valence-electron chi connectivity index (χ4n) is 3.59. The molecule has 0 aliphatic carbocycles. The first-order chi connectivity index (χ1) is 13.0. The van der Waals surface area contributed by atoms with Crippen molar-refractivity contribution in [1.82, 2.24) is 9.80 Å². The van der Waals surface area contributed by atoms with Gasteiger partial charge in [-0.1, -0.05) is 12.1 Å². The number of piperidine rings is 1. The number of carbonyl (C=O) groups excluding carboxylic acids is 2. The number of hydrogen-bond donors (Lipinski definition) is 0. The molecule has 0 N–H and O–H groups in total. The zero-order valence-corrected chi connectivity index (χ0v) is 16.4. The van der Waals surface area contributed by atoms with Crippen LogP contribution in [0.1, 0.15) is 38.7 Å². The van der Waals surface area contributed by atoms with Crippen molar-refractivity contribution in [1.29, 1.82) is 0 Å². The zero-order chi connectivity index (χ0) is 19.4. The predicted molar refractivity (Wildman–Crippen MR) is 103 cm³/mol. The van der Waals surface area contributed by atoms with Crippen molar-refractivity contribution in [2.24, 2.45) is 0 Å². The van der Waals surface area contributed by atoms with Crippen molar-refractivity contribution in [3.05, 3.63) is 35.5 Å². The van der Waals surface area contributed by atoms with Gasteiger partial charge >= 0.3 is 0 Å². The van der Waals surface area contributed by atoms with E-state index in [1.165, 1.54) is 4.90 Å². The second-order valence-electron chi connectivity index (χ2n) is 7.22. The average molecular weight is 372 g/mol. The Morgan fingerprint density at radius 3 is 2.26 bits per heavy atom. The molecule has 6 heteroatoms. The van der Waals surface area contributed by atoms with Crippen molar-refractivity contribution in [3.63, 3.8) is 0 Å². The van der Waals surface area contributed by atoms with E-state index in [1.807, 2.05) is 38.1 Å². The Morgan fingerprint density at radius 1 is 1.00 bits per heavy atom. The predicted octanol–water partition coefficient (Wildman–Crippen LogP) is 2.69. The second kappa shape index (κ2) is 8.57. The molecule has 1 aromatic rings. The van der Waals surface area contributed by atoms with Gasteiger partial charge in [0.05, 0.1) is 24.8 Å². The molecule has 0 saturated carbocycles. The lowest BCUT2D eigenvalue weighted by Gasteiger charge is -2.29. The molecule has 0 atom stereocenters. The van der Waals surface area contributed by atoms with Crippen LogP contribution in [0.4, 0.5) is 0 Å². The maximum atomic E-state index is 13.1. The van der Waals surface area contributed by atoms with Crippen LogP contribution in [0.2, 0.25) is 0 Å². The van der Waals surface area contributed by atoms with Gasteiger partial charge in [0.15, 0.2) is 0 Å². The van der Waals surface area contributed by atoms with Crippen LogP contribution in [0.25, 0.3) is 5.57 Å². The van der Waals surface area contributed by atoms with E-state index in [4.69, 9.17) is 9.47 Å². The summed E-state index contributed by atoms with van der Waals surface area (Å²) in [4.78, 5) is 29.5. The molecule has 2 heterocycles. The molecule has 3 rings (SSSR count). The van der Waals surface area contributed by atoms with Gasteiger partial charge < -0.3 is 14.4 Å². The van der Waals surface area contributed by atoms with E-state index in [1.54, 1.807) is 7.11 Å².